The van der Waals surface area contributed by atoms with Gasteiger partial charge in [-0.3, -0.25) is 9.59 Å². The van der Waals surface area contributed by atoms with Crippen LogP contribution in [0, 0.1) is 0 Å². The third kappa shape index (κ3) is 3.92. The summed E-state index contributed by atoms with van der Waals surface area (Å²) < 4.78 is 6.38. The van der Waals surface area contributed by atoms with Gasteiger partial charge in [0.05, 0.1) is 0 Å². The van der Waals surface area contributed by atoms with Crippen molar-refractivity contribution in [2.24, 2.45) is 5.73 Å². The summed E-state index contributed by atoms with van der Waals surface area (Å²) in [5, 5.41) is 9.10. The van der Waals surface area contributed by atoms with Gasteiger partial charge in [0.15, 0.2) is 0 Å². The summed E-state index contributed by atoms with van der Waals surface area (Å²) >= 11 is 0. The molecule has 0 spiro atoms. The molecule has 37 heavy (non-hydrogen) atoms. The van der Waals surface area contributed by atoms with Gasteiger partial charge >= 0.3 is 11.9 Å². The van der Waals surface area contributed by atoms with Crippen molar-refractivity contribution >= 4 is 11.9 Å². The van der Waals surface area contributed by atoms with E-state index in [1.54, 1.807) is 0 Å². The lowest BCUT2D eigenvalue weighted by Gasteiger charge is -2.32. The third-order valence-corrected chi connectivity index (χ3v) is 7.65. The van der Waals surface area contributed by atoms with E-state index < -0.39 is 24.1 Å². The van der Waals surface area contributed by atoms with E-state index in [0.29, 0.717) is 0 Å². The molecule has 1 atom stereocenters. The van der Waals surface area contributed by atoms with Crippen LogP contribution < -0.4 is 5.73 Å². The first kappa shape index (κ1) is 23.2. The molecule has 184 valence electrons. The van der Waals surface area contributed by atoms with Crippen molar-refractivity contribution in [2.45, 2.75) is 36.8 Å². The maximum atomic E-state index is 13.4. The van der Waals surface area contributed by atoms with Gasteiger partial charge < -0.3 is 15.6 Å². The number of carboxylic acid groups (broad SMARTS) is 1. The first-order chi connectivity index (χ1) is 18.0. The Balaban J connectivity index is 1.50. The van der Waals surface area contributed by atoms with Crippen molar-refractivity contribution in [1.82, 2.24) is 0 Å². The Labute approximate surface area is 215 Å². The molecule has 0 unspecified atom stereocenters. The maximum absolute atomic E-state index is 13.4. The van der Waals surface area contributed by atoms with Gasteiger partial charge in [0.25, 0.3) is 0 Å². The van der Waals surface area contributed by atoms with Crippen molar-refractivity contribution < 1.29 is 19.4 Å². The Morgan fingerprint density at radius 2 is 1.03 bits per heavy atom. The zero-order chi connectivity index (χ0) is 25.5. The van der Waals surface area contributed by atoms with E-state index in [1.165, 1.54) is 0 Å². The molecule has 0 aliphatic heterocycles. The van der Waals surface area contributed by atoms with Gasteiger partial charge in [0, 0.05) is 18.3 Å². The molecular formula is C32H27NO4. The molecule has 0 saturated heterocycles. The van der Waals surface area contributed by atoms with E-state index in [2.05, 4.69) is 48.5 Å². The molecule has 5 nitrogen and oxygen atoms in total. The Hall–Kier alpha value is -4.22. The number of carboxylic acids is 1. The molecule has 4 aromatic rings. The second-order valence-corrected chi connectivity index (χ2v) is 9.74. The van der Waals surface area contributed by atoms with Crippen LogP contribution in [0.3, 0.4) is 0 Å². The molecule has 0 heterocycles. The fourth-order valence-electron chi connectivity index (χ4n) is 6.04. The molecule has 5 heteroatoms. The zero-order valence-electron chi connectivity index (χ0n) is 20.2. The lowest BCUT2D eigenvalue weighted by Crippen LogP contribution is -2.39. The number of nitrogens with two attached hydrogens (primary N) is 1. The number of carbonyl (C=O) groups is 2. The Bertz CT molecular complexity index is 1320. The van der Waals surface area contributed by atoms with Gasteiger partial charge in [-0.25, -0.2) is 0 Å². The van der Waals surface area contributed by atoms with Gasteiger partial charge in [-0.15, -0.1) is 0 Å². The average molecular weight is 490 g/mol. The van der Waals surface area contributed by atoms with E-state index in [9.17, 15) is 9.59 Å². The summed E-state index contributed by atoms with van der Waals surface area (Å²) in [7, 11) is 0. The highest BCUT2D eigenvalue weighted by atomic mass is 16.5. The minimum atomic E-state index is -1.02. The van der Waals surface area contributed by atoms with Gasteiger partial charge in [-0.1, -0.05) is 97.1 Å². The number of ether oxygens (including phenoxy) is 1. The van der Waals surface area contributed by atoms with Gasteiger partial charge in [0.1, 0.15) is 12.1 Å². The highest BCUT2D eigenvalue weighted by Crippen LogP contribution is 2.54. The number of rotatable bonds is 7. The third-order valence-electron chi connectivity index (χ3n) is 7.65. The summed E-state index contributed by atoms with van der Waals surface area (Å²) in [6.45, 7) is 0. The normalized spacial score (nSPS) is 14.5. The van der Waals surface area contributed by atoms with Crippen molar-refractivity contribution in [3.63, 3.8) is 0 Å². The van der Waals surface area contributed by atoms with Crippen molar-refractivity contribution in [1.29, 1.82) is 0 Å². The van der Waals surface area contributed by atoms with Crippen LogP contribution in [0.2, 0.25) is 0 Å². The molecule has 2 aliphatic rings. The van der Waals surface area contributed by atoms with Gasteiger partial charge in [-0.05, 0) is 50.9 Å². The largest absolute Gasteiger partial charge is 0.481 e. The number of aliphatic carboxylic acids is 1. The van der Waals surface area contributed by atoms with Crippen LogP contribution in [0.1, 0.15) is 46.9 Å². The Kier molecular flexibility index (Phi) is 5.85. The van der Waals surface area contributed by atoms with Crippen LogP contribution in [0.15, 0.2) is 97.1 Å². The summed E-state index contributed by atoms with van der Waals surface area (Å²) in [6, 6.07) is 32.1. The fourth-order valence-corrected chi connectivity index (χ4v) is 6.04. The molecular weight excluding hydrogens is 462 g/mol. The van der Waals surface area contributed by atoms with Crippen LogP contribution >= 0.6 is 0 Å². The molecule has 4 aromatic carbocycles. The van der Waals surface area contributed by atoms with E-state index >= 15 is 0 Å². The number of carbonyl (C=O) groups excluding carboxylic acids is 1. The molecule has 0 amide bonds. The molecule has 0 saturated carbocycles. The monoisotopic (exact) mass is 489 g/mol. The van der Waals surface area contributed by atoms with E-state index in [1.807, 2.05) is 48.5 Å². The lowest BCUT2D eigenvalue weighted by atomic mass is 9.79. The number of fused-ring (bicyclic) bond motifs is 6. The number of hydrogen-bond acceptors (Lipinski definition) is 4. The predicted molar refractivity (Wildman–Crippen MR) is 142 cm³/mol. The molecule has 0 bridgehead atoms. The minimum absolute atomic E-state index is 0.0244. The maximum Gasteiger partial charge on any atom is 0.323 e. The zero-order valence-corrected chi connectivity index (χ0v) is 20.2. The van der Waals surface area contributed by atoms with E-state index in [0.717, 1.165) is 44.5 Å². The molecule has 0 radical (unpaired) electrons. The van der Waals surface area contributed by atoms with E-state index in [-0.39, 0.29) is 24.7 Å². The minimum Gasteiger partial charge on any atom is -0.481 e. The first-order valence-electron chi connectivity index (χ1n) is 12.6. The summed E-state index contributed by atoms with van der Waals surface area (Å²) in [5.74, 6) is -1.97. The van der Waals surface area contributed by atoms with Crippen molar-refractivity contribution in [2.75, 3.05) is 0 Å². The standard InChI is InChI=1S/C32H27NO4/c33-27(17-18-28(34)35)32(36)37-31(29-23-13-5-1-9-19(23)20-10-2-6-14-24(20)29)30-25-15-7-3-11-21(25)22-12-4-8-16-26(22)30/h1-16,27,29-31H,17-18,33H2,(H,34,35)/t27-/m0/s1. The van der Waals surface area contributed by atoms with Crippen LogP contribution in [0.4, 0.5) is 0 Å². The number of hydrogen-bond donors (Lipinski definition) is 2. The number of esters is 1. The predicted octanol–water partition coefficient (Wildman–Crippen LogP) is 5.72. The van der Waals surface area contributed by atoms with Crippen LogP contribution in [0.25, 0.3) is 22.3 Å². The quantitative estimate of drug-likeness (QED) is 0.324. The smallest absolute Gasteiger partial charge is 0.323 e. The van der Waals surface area contributed by atoms with Gasteiger partial charge in [-0.2, -0.15) is 0 Å². The first-order valence-corrected chi connectivity index (χ1v) is 12.6. The number of benzene rings is 4. The average Bonchev–Trinajstić information content (AvgIpc) is 3.44. The molecule has 0 aromatic heterocycles. The van der Waals surface area contributed by atoms with Crippen LogP contribution in [0.5, 0.6) is 0 Å². The molecule has 6 rings (SSSR count). The second-order valence-electron chi connectivity index (χ2n) is 9.74. The Morgan fingerprint density at radius 1 is 0.676 bits per heavy atom. The van der Waals surface area contributed by atoms with Crippen molar-refractivity contribution in [3.05, 3.63) is 119 Å². The highest BCUT2D eigenvalue weighted by molar-refractivity contribution is 5.83. The van der Waals surface area contributed by atoms with E-state index in [4.69, 9.17) is 15.6 Å². The molecule has 2 aliphatic carbocycles. The lowest BCUT2D eigenvalue weighted by molar-refractivity contribution is -0.152. The summed E-state index contributed by atoms with van der Waals surface area (Å²) in [4.78, 5) is 24.5. The Morgan fingerprint density at radius 3 is 1.38 bits per heavy atom. The molecule has 3 N–H and O–H groups in total. The second kappa shape index (κ2) is 9.34. The highest BCUT2D eigenvalue weighted by Gasteiger charge is 2.45. The molecule has 0 fully saturated rings. The van der Waals surface area contributed by atoms with Crippen LogP contribution in [-0.2, 0) is 14.3 Å². The van der Waals surface area contributed by atoms with Crippen LogP contribution in [-0.4, -0.2) is 29.2 Å². The summed E-state index contributed by atoms with van der Waals surface area (Å²) in [5.41, 5.74) is 15.2. The van der Waals surface area contributed by atoms with Gasteiger partial charge in [0.2, 0.25) is 0 Å². The van der Waals surface area contributed by atoms with Crippen molar-refractivity contribution in [3.8, 4) is 22.3 Å². The SMILES string of the molecule is N[C@@H](CCC(=O)O)C(=O)OC(C1c2ccccc2-c2ccccc21)C1c2ccccc2-c2ccccc21. The summed E-state index contributed by atoms with van der Waals surface area (Å²) in [6.07, 6.45) is -0.736. The topological polar surface area (TPSA) is 89.6 Å². The fraction of sp³-hybridized carbons (Fsp3) is 0.188.